The Labute approximate surface area is 143 Å². The molecule has 0 amide bonds. The number of hydrogen-bond acceptors (Lipinski definition) is 4. The molecule has 0 aliphatic carbocycles. The summed E-state index contributed by atoms with van der Waals surface area (Å²) >= 11 is 11.4. The summed E-state index contributed by atoms with van der Waals surface area (Å²) < 4.78 is 1.91. The lowest BCUT2D eigenvalue weighted by atomic mass is 10.2. The maximum atomic E-state index is 6.21. The molecule has 0 atom stereocenters. The lowest BCUT2D eigenvalue weighted by Crippen LogP contribution is -1.94. The molecule has 7 heteroatoms. The topological polar surface area (TPSA) is 58.9 Å². The van der Waals surface area contributed by atoms with E-state index in [1.54, 1.807) is 12.4 Å². The van der Waals surface area contributed by atoms with Gasteiger partial charge in [0.15, 0.2) is 5.82 Å². The summed E-state index contributed by atoms with van der Waals surface area (Å²) in [6, 6.07) is 13.4. The quantitative estimate of drug-likeness (QED) is 0.573. The lowest BCUT2D eigenvalue weighted by Gasteiger charge is -2.00. The van der Waals surface area contributed by atoms with Crippen LogP contribution in [0.1, 0.15) is 5.56 Å². The fourth-order valence-electron chi connectivity index (χ4n) is 1.95. The van der Waals surface area contributed by atoms with Crippen LogP contribution >= 0.6 is 23.8 Å². The van der Waals surface area contributed by atoms with Gasteiger partial charge in [0.25, 0.3) is 0 Å². The number of nitrogens with one attached hydrogen (secondary N) is 1. The van der Waals surface area contributed by atoms with E-state index in [1.807, 2.05) is 48.5 Å². The first-order chi connectivity index (χ1) is 11.2. The Morgan fingerprint density at radius 3 is 2.65 bits per heavy atom. The molecule has 114 valence electrons. The summed E-state index contributed by atoms with van der Waals surface area (Å²) in [6.45, 7) is 0. The molecule has 0 saturated heterocycles. The molecule has 3 aromatic rings. The van der Waals surface area contributed by atoms with E-state index in [4.69, 9.17) is 23.8 Å². The summed E-state index contributed by atoms with van der Waals surface area (Å²) in [5.41, 5.74) is 1.85. The molecule has 2 aromatic heterocycles. The average Bonchev–Trinajstić information content (AvgIpc) is 2.95. The number of hydrogen-bond donors (Lipinski definition) is 1. The van der Waals surface area contributed by atoms with Crippen LogP contribution in [0.4, 0.5) is 0 Å². The van der Waals surface area contributed by atoms with Gasteiger partial charge in [-0.05, 0) is 36.0 Å². The summed E-state index contributed by atoms with van der Waals surface area (Å²) in [4.78, 5) is 3.99. The summed E-state index contributed by atoms with van der Waals surface area (Å²) in [7, 11) is 0. The van der Waals surface area contributed by atoms with Gasteiger partial charge in [0, 0.05) is 18.0 Å². The monoisotopic (exact) mass is 341 g/mol. The third-order valence-electron chi connectivity index (χ3n) is 2.99. The molecule has 0 radical (unpaired) electrons. The zero-order valence-corrected chi connectivity index (χ0v) is 13.5. The number of halogens is 1. The van der Waals surface area contributed by atoms with Crippen molar-refractivity contribution < 1.29 is 0 Å². The van der Waals surface area contributed by atoms with Gasteiger partial charge in [-0.2, -0.15) is 14.9 Å². The number of benzene rings is 1. The van der Waals surface area contributed by atoms with E-state index >= 15 is 0 Å². The smallest absolute Gasteiger partial charge is 0.216 e. The van der Waals surface area contributed by atoms with Crippen molar-refractivity contribution in [2.75, 3.05) is 0 Å². The molecule has 0 aliphatic rings. The van der Waals surface area contributed by atoms with Crippen LogP contribution in [-0.4, -0.2) is 26.1 Å². The minimum atomic E-state index is 0.386. The molecular formula is C16H12ClN5S. The Balaban J connectivity index is 1.90. The van der Waals surface area contributed by atoms with E-state index in [9.17, 15) is 0 Å². The maximum absolute atomic E-state index is 6.21. The second-order valence-electron chi connectivity index (χ2n) is 4.58. The van der Waals surface area contributed by atoms with Crippen LogP contribution < -0.4 is 0 Å². The highest BCUT2D eigenvalue weighted by Gasteiger charge is 2.07. The lowest BCUT2D eigenvalue weighted by molar-refractivity contribution is 0.872. The van der Waals surface area contributed by atoms with Crippen molar-refractivity contribution >= 4 is 36.1 Å². The molecular weight excluding hydrogens is 330 g/mol. The summed E-state index contributed by atoms with van der Waals surface area (Å²) in [6.07, 6.45) is 6.72. The zero-order chi connectivity index (χ0) is 16.1. The first kappa shape index (κ1) is 15.3. The Kier molecular flexibility index (Phi) is 4.75. The SMILES string of the molecule is S=c1[nH]nc(-c2ccncc2)n1/N=C/C(Cl)=C\c1ccccc1. The van der Waals surface area contributed by atoms with E-state index in [0.717, 1.165) is 11.1 Å². The van der Waals surface area contributed by atoms with Crippen molar-refractivity contribution in [3.8, 4) is 11.4 Å². The van der Waals surface area contributed by atoms with Gasteiger partial charge in [-0.3, -0.25) is 4.98 Å². The van der Waals surface area contributed by atoms with Gasteiger partial charge in [0.1, 0.15) is 0 Å². The van der Waals surface area contributed by atoms with Gasteiger partial charge in [-0.25, -0.2) is 5.10 Å². The fraction of sp³-hybridized carbons (Fsp3) is 0. The van der Waals surface area contributed by atoms with Gasteiger partial charge in [-0.1, -0.05) is 41.9 Å². The second kappa shape index (κ2) is 7.13. The molecule has 0 aliphatic heterocycles. The number of nitrogens with zero attached hydrogens (tertiary/aromatic N) is 4. The van der Waals surface area contributed by atoms with Crippen LogP contribution in [0.15, 0.2) is 65.0 Å². The highest BCUT2D eigenvalue weighted by Crippen LogP contribution is 2.16. The molecule has 0 saturated carbocycles. The number of pyridine rings is 1. The van der Waals surface area contributed by atoms with Crippen molar-refractivity contribution in [3.63, 3.8) is 0 Å². The molecule has 5 nitrogen and oxygen atoms in total. The van der Waals surface area contributed by atoms with Gasteiger partial charge in [-0.15, -0.1) is 0 Å². The van der Waals surface area contributed by atoms with Crippen LogP contribution in [0.5, 0.6) is 0 Å². The minimum Gasteiger partial charge on any atom is -0.265 e. The minimum absolute atomic E-state index is 0.386. The Morgan fingerprint density at radius 1 is 1.17 bits per heavy atom. The first-order valence-corrected chi connectivity index (χ1v) is 7.57. The third kappa shape index (κ3) is 3.80. The van der Waals surface area contributed by atoms with E-state index in [2.05, 4.69) is 20.3 Å². The second-order valence-corrected chi connectivity index (χ2v) is 5.41. The highest BCUT2D eigenvalue weighted by molar-refractivity contribution is 7.71. The van der Waals surface area contributed by atoms with Crippen LogP contribution in [0.3, 0.4) is 0 Å². The van der Waals surface area contributed by atoms with E-state index < -0.39 is 0 Å². The summed E-state index contributed by atoms with van der Waals surface area (Å²) in [5, 5.41) is 11.7. The number of rotatable bonds is 4. The molecule has 0 unspecified atom stereocenters. The van der Waals surface area contributed by atoms with Gasteiger partial charge in [0.05, 0.1) is 11.2 Å². The number of aromatic amines is 1. The van der Waals surface area contributed by atoms with Crippen LogP contribution in [0.2, 0.25) is 0 Å². The van der Waals surface area contributed by atoms with Crippen molar-refractivity contribution in [1.29, 1.82) is 0 Å². The Bertz CT molecular complexity index is 897. The molecule has 2 heterocycles. The molecule has 1 aromatic carbocycles. The highest BCUT2D eigenvalue weighted by atomic mass is 35.5. The predicted molar refractivity (Wildman–Crippen MR) is 94.8 cm³/mol. The Hall–Kier alpha value is -2.57. The number of aromatic nitrogens is 4. The summed E-state index contributed by atoms with van der Waals surface area (Å²) in [5.74, 6) is 0.595. The van der Waals surface area contributed by atoms with Gasteiger partial charge >= 0.3 is 0 Å². The van der Waals surface area contributed by atoms with E-state index in [1.165, 1.54) is 10.9 Å². The zero-order valence-electron chi connectivity index (χ0n) is 11.9. The molecule has 23 heavy (non-hydrogen) atoms. The maximum Gasteiger partial charge on any atom is 0.216 e. The normalized spacial score (nSPS) is 12.0. The van der Waals surface area contributed by atoms with Gasteiger partial charge in [0.2, 0.25) is 4.77 Å². The first-order valence-electron chi connectivity index (χ1n) is 6.78. The number of H-pyrrole nitrogens is 1. The third-order valence-corrected chi connectivity index (χ3v) is 3.46. The fourth-order valence-corrected chi connectivity index (χ4v) is 2.29. The standard InChI is InChI=1S/C16H12ClN5S/c17-14(10-12-4-2-1-3-5-12)11-19-22-15(20-21-16(22)23)13-6-8-18-9-7-13/h1-11H,(H,21,23)/b14-10+,19-11+. The van der Waals surface area contributed by atoms with Crippen molar-refractivity contribution in [2.45, 2.75) is 0 Å². The van der Waals surface area contributed by atoms with E-state index in [0.29, 0.717) is 15.6 Å². The Morgan fingerprint density at radius 2 is 1.91 bits per heavy atom. The van der Waals surface area contributed by atoms with Crippen LogP contribution in [0.25, 0.3) is 17.5 Å². The molecule has 0 spiro atoms. The van der Waals surface area contributed by atoms with E-state index in [-0.39, 0.29) is 0 Å². The van der Waals surface area contributed by atoms with Crippen molar-refractivity contribution in [3.05, 3.63) is 70.2 Å². The molecule has 3 rings (SSSR count). The predicted octanol–water partition coefficient (Wildman–Crippen LogP) is 4.12. The number of allylic oxidation sites excluding steroid dienone is 1. The molecule has 0 bridgehead atoms. The average molecular weight is 342 g/mol. The molecule has 1 N–H and O–H groups in total. The largest absolute Gasteiger partial charge is 0.265 e. The van der Waals surface area contributed by atoms with Crippen LogP contribution in [-0.2, 0) is 0 Å². The van der Waals surface area contributed by atoms with Gasteiger partial charge < -0.3 is 0 Å². The van der Waals surface area contributed by atoms with Crippen LogP contribution in [0, 0.1) is 4.77 Å². The molecule has 0 fully saturated rings. The van der Waals surface area contributed by atoms with Crippen molar-refractivity contribution in [1.82, 2.24) is 19.9 Å². The van der Waals surface area contributed by atoms with Crippen molar-refractivity contribution in [2.24, 2.45) is 5.10 Å².